The molecule has 1 aromatic heterocycles. The number of nitrogens with zero attached hydrogens (tertiary/aromatic N) is 2. The van der Waals surface area contributed by atoms with E-state index in [-0.39, 0.29) is 11.8 Å². The summed E-state index contributed by atoms with van der Waals surface area (Å²) in [6.07, 6.45) is 1.44. The Bertz CT molecular complexity index is 459. The molecule has 4 N–H and O–H groups in total. The number of piperazine rings is 1. The fourth-order valence-corrected chi connectivity index (χ4v) is 1.83. The number of anilines is 1. The van der Waals surface area contributed by atoms with Crippen LogP contribution in [0.15, 0.2) is 18.3 Å². The zero-order valence-electron chi connectivity index (χ0n) is 10.0. The highest BCUT2D eigenvalue weighted by atomic mass is 16.2. The minimum absolute atomic E-state index is 0.136. The van der Waals surface area contributed by atoms with Gasteiger partial charge in [-0.1, -0.05) is 0 Å². The van der Waals surface area contributed by atoms with Gasteiger partial charge >= 0.3 is 0 Å². The molecule has 1 saturated heterocycles. The minimum atomic E-state index is -0.460. The summed E-state index contributed by atoms with van der Waals surface area (Å²) in [6.45, 7) is 2.68. The first-order chi connectivity index (χ1) is 8.63. The van der Waals surface area contributed by atoms with Gasteiger partial charge in [0.15, 0.2) is 0 Å². The lowest BCUT2D eigenvalue weighted by atomic mass is 10.1. The SMILES string of the molecule is CC1C(=O)NCCN1C(=O)c1ccc(NN)nc1. The highest BCUT2D eigenvalue weighted by molar-refractivity contribution is 5.98. The molecule has 1 atom stereocenters. The Morgan fingerprint density at radius 3 is 3.00 bits per heavy atom. The molecule has 0 aromatic carbocycles. The van der Waals surface area contributed by atoms with Crippen molar-refractivity contribution in [3.8, 4) is 0 Å². The number of pyridine rings is 1. The Labute approximate surface area is 104 Å². The quantitative estimate of drug-likeness (QED) is 0.476. The molecule has 1 aromatic rings. The maximum Gasteiger partial charge on any atom is 0.256 e. The number of hydrazine groups is 1. The summed E-state index contributed by atoms with van der Waals surface area (Å²) >= 11 is 0. The van der Waals surface area contributed by atoms with Crippen molar-refractivity contribution < 1.29 is 9.59 Å². The van der Waals surface area contributed by atoms with Crippen molar-refractivity contribution in [1.29, 1.82) is 0 Å². The van der Waals surface area contributed by atoms with E-state index in [1.807, 2.05) is 0 Å². The predicted molar refractivity (Wildman–Crippen MR) is 65.6 cm³/mol. The zero-order valence-corrected chi connectivity index (χ0v) is 10.0. The third-order valence-corrected chi connectivity index (χ3v) is 2.92. The first-order valence-electron chi connectivity index (χ1n) is 5.65. The van der Waals surface area contributed by atoms with Crippen LogP contribution < -0.4 is 16.6 Å². The standard InChI is InChI=1S/C11H15N5O2/c1-7-10(17)13-4-5-16(7)11(18)8-2-3-9(15-12)14-6-8/h2-3,6-7H,4-5,12H2,1H3,(H,13,17)(H,14,15). The molecule has 2 amide bonds. The molecule has 0 spiro atoms. The average Bonchev–Trinajstić information content (AvgIpc) is 2.41. The van der Waals surface area contributed by atoms with Crippen molar-refractivity contribution in [3.05, 3.63) is 23.9 Å². The second-order valence-electron chi connectivity index (χ2n) is 4.04. The number of rotatable bonds is 2. The molecular formula is C11H15N5O2. The number of hydrogen-bond donors (Lipinski definition) is 3. The van der Waals surface area contributed by atoms with Crippen LogP contribution in [0.25, 0.3) is 0 Å². The number of carbonyl (C=O) groups excluding carboxylic acids is 2. The van der Waals surface area contributed by atoms with Crippen molar-refractivity contribution >= 4 is 17.6 Å². The predicted octanol–water partition coefficient (Wildman–Crippen LogP) is -0.672. The van der Waals surface area contributed by atoms with Gasteiger partial charge in [-0.25, -0.2) is 10.8 Å². The lowest BCUT2D eigenvalue weighted by Gasteiger charge is -2.32. The van der Waals surface area contributed by atoms with Crippen LogP contribution in [-0.2, 0) is 4.79 Å². The number of hydrogen-bond acceptors (Lipinski definition) is 5. The fourth-order valence-electron chi connectivity index (χ4n) is 1.83. The molecule has 2 rings (SSSR count). The third kappa shape index (κ3) is 2.25. The molecular weight excluding hydrogens is 234 g/mol. The van der Waals surface area contributed by atoms with Gasteiger partial charge in [-0.05, 0) is 19.1 Å². The topological polar surface area (TPSA) is 100 Å². The summed E-state index contributed by atoms with van der Waals surface area (Å²) in [6, 6.07) is 2.78. The van der Waals surface area contributed by atoms with Crippen LogP contribution in [0.3, 0.4) is 0 Å². The lowest BCUT2D eigenvalue weighted by molar-refractivity contribution is -0.127. The Morgan fingerprint density at radius 2 is 2.39 bits per heavy atom. The van der Waals surface area contributed by atoms with Crippen molar-refractivity contribution in [2.45, 2.75) is 13.0 Å². The summed E-state index contributed by atoms with van der Waals surface area (Å²) in [4.78, 5) is 29.2. The van der Waals surface area contributed by atoms with Crippen molar-refractivity contribution in [3.63, 3.8) is 0 Å². The average molecular weight is 249 g/mol. The smallest absolute Gasteiger partial charge is 0.256 e. The number of nitrogens with two attached hydrogens (primary N) is 1. The minimum Gasteiger partial charge on any atom is -0.353 e. The molecule has 0 radical (unpaired) electrons. The van der Waals surface area contributed by atoms with E-state index in [1.54, 1.807) is 19.1 Å². The molecule has 1 aliphatic rings. The van der Waals surface area contributed by atoms with Crippen LogP contribution >= 0.6 is 0 Å². The van der Waals surface area contributed by atoms with Crippen molar-refractivity contribution in [1.82, 2.24) is 15.2 Å². The molecule has 0 bridgehead atoms. The van der Waals surface area contributed by atoms with E-state index in [4.69, 9.17) is 5.84 Å². The summed E-state index contributed by atoms with van der Waals surface area (Å²) in [5.74, 6) is 5.34. The van der Waals surface area contributed by atoms with E-state index in [2.05, 4.69) is 15.7 Å². The maximum atomic E-state index is 12.2. The largest absolute Gasteiger partial charge is 0.353 e. The highest BCUT2D eigenvalue weighted by Crippen LogP contribution is 2.11. The van der Waals surface area contributed by atoms with Gasteiger partial charge in [0.25, 0.3) is 5.91 Å². The lowest BCUT2D eigenvalue weighted by Crippen LogP contribution is -2.55. The number of amides is 2. The first kappa shape index (κ1) is 12.3. The molecule has 18 heavy (non-hydrogen) atoms. The van der Waals surface area contributed by atoms with E-state index in [1.165, 1.54) is 11.1 Å². The number of aromatic nitrogens is 1. The van der Waals surface area contributed by atoms with E-state index >= 15 is 0 Å². The van der Waals surface area contributed by atoms with Gasteiger partial charge in [-0.2, -0.15) is 0 Å². The van der Waals surface area contributed by atoms with E-state index < -0.39 is 6.04 Å². The third-order valence-electron chi connectivity index (χ3n) is 2.92. The van der Waals surface area contributed by atoms with E-state index in [0.29, 0.717) is 24.5 Å². The van der Waals surface area contributed by atoms with Crippen LogP contribution in [0.4, 0.5) is 5.82 Å². The Morgan fingerprint density at radius 1 is 1.61 bits per heavy atom. The second kappa shape index (κ2) is 5.01. The fraction of sp³-hybridized carbons (Fsp3) is 0.364. The highest BCUT2D eigenvalue weighted by Gasteiger charge is 2.29. The monoisotopic (exact) mass is 249 g/mol. The second-order valence-corrected chi connectivity index (χ2v) is 4.04. The molecule has 0 aliphatic carbocycles. The van der Waals surface area contributed by atoms with Crippen LogP contribution in [0.1, 0.15) is 17.3 Å². The number of nitrogens with one attached hydrogen (secondary N) is 2. The van der Waals surface area contributed by atoms with E-state index in [0.717, 1.165) is 0 Å². The van der Waals surface area contributed by atoms with Gasteiger partial charge < -0.3 is 15.6 Å². The van der Waals surface area contributed by atoms with Gasteiger partial charge in [0.05, 0.1) is 5.56 Å². The number of nitrogen functional groups attached to an aromatic ring is 1. The normalized spacial score (nSPS) is 19.3. The first-order valence-corrected chi connectivity index (χ1v) is 5.65. The Balaban J connectivity index is 2.16. The van der Waals surface area contributed by atoms with Gasteiger partial charge in [-0.15, -0.1) is 0 Å². The molecule has 0 saturated carbocycles. The summed E-state index contributed by atoms with van der Waals surface area (Å²) in [7, 11) is 0. The summed E-state index contributed by atoms with van der Waals surface area (Å²) in [5.41, 5.74) is 2.83. The number of carbonyl (C=O) groups is 2. The van der Waals surface area contributed by atoms with Gasteiger partial charge in [0, 0.05) is 19.3 Å². The van der Waals surface area contributed by atoms with Crippen LogP contribution in [0.5, 0.6) is 0 Å². The molecule has 2 heterocycles. The molecule has 96 valence electrons. The van der Waals surface area contributed by atoms with Crippen molar-refractivity contribution in [2.75, 3.05) is 18.5 Å². The zero-order chi connectivity index (χ0) is 13.1. The van der Waals surface area contributed by atoms with Crippen LogP contribution in [0.2, 0.25) is 0 Å². The van der Waals surface area contributed by atoms with Crippen molar-refractivity contribution in [2.24, 2.45) is 5.84 Å². The van der Waals surface area contributed by atoms with Gasteiger partial charge in [0.2, 0.25) is 5.91 Å². The molecule has 1 unspecified atom stereocenters. The molecule has 7 nitrogen and oxygen atoms in total. The molecule has 1 fully saturated rings. The Hall–Kier alpha value is -2.15. The summed E-state index contributed by atoms with van der Waals surface area (Å²) < 4.78 is 0. The van der Waals surface area contributed by atoms with Gasteiger partial charge in [0.1, 0.15) is 11.9 Å². The van der Waals surface area contributed by atoms with Crippen LogP contribution in [0, 0.1) is 0 Å². The Kier molecular flexibility index (Phi) is 3.42. The molecule has 7 heteroatoms. The van der Waals surface area contributed by atoms with Crippen LogP contribution in [-0.4, -0.2) is 40.8 Å². The van der Waals surface area contributed by atoms with Gasteiger partial charge in [-0.3, -0.25) is 9.59 Å². The molecule has 1 aliphatic heterocycles. The van der Waals surface area contributed by atoms with E-state index in [9.17, 15) is 9.59 Å². The summed E-state index contributed by atoms with van der Waals surface area (Å²) in [5, 5.41) is 2.71. The maximum absolute atomic E-state index is 12.2.